The van der Waals surface area contributed by atoms with Crippen molar-refractivity contribution in [1.82, 2.24) is 0 Å². The molecule has 0 bridgehead atoms. The zero-order chi connectivity index (χ0) is 55.3. The van der Waals surface area contributed by atoms with E-state index in [1.165, 1.54) is 13.8 Å². The van der Waals surface area contributed by atoms with Crippen LogP contribution in [0.15, 0.2) is 125 Å². The van der Waals surface area contributed by atoms with Gasteiger partial charge in [0.05, 0.1) is 27.4 Å². The molecular formula is C54H44O. The molecule has 0 aliphatic rings. The minimum absolute atomic E-state index is 0.00279. The van der Waals surface area contributed by atoms with Crippen LogP contribution in [0.2, 0.25) is 0 Å². The van der Waals surface area contributed by atoms with E-state index in [1.807, 2.05) is 0 Å². The molecule has 0 saturated carbocycles. The van der Waals surface area contributed by atoms with Gasteiger partial charge in [-0.25, -0.2) is 0 Å². The van der Waals surface area contributed by atoms with Gasteiger partial charge >= 0.3 is 0 Å². The fourth-order valence-electron chi connectivity index (χ4n) is 7.85. The third-order valence-electron chi connectivity index (χ3n) is 11.1. The Morgan fingerprint density at radius 1 is 0.364 bits per heavy atom. The molecule has 1 aromatic heterocycles. The Labute approximate surface area is 351 Å². The number of rotatable bonds is 3. The number of aryl methyl sites for hydroxylation is 4. The van der Waals surface area contributed by atoms with E-state index >= 15 is 0 Å². The smallest absolute Gasteiger partial charge is 0.136 e. The fraction of sp³-hybridized carbons (Fsp3) is 0.148. The Hall–Kier alpha value is -6.18. The van der Waals surface area contributed by atoms with Gasteiger partial charge in [-0.2, -0.15) is 0 Å². The van der Waals surface area contributed by atoms with Gasteiger partial charge in [0, 0.05) is 10.8 Å². The van der Waals surface area contributed by atoms with E-state index in [1.54, 1.807) is 41.5 Å². The molecule has 1 heterocycles. The lowest BCUT2D eigenvalue weighted by Gasteiger charge is -2.23. The Morgan fingerprint density at radius 3 is 1.75 bits per heavy atom. The zero-order valence-electron chi connectivity index (χ0n) is 51.4. The van der Waals surface area contributed by atoms with Gasteiger partial charge in [-0.1, -0.05) is 103 Å². The first kappa shape index (κ1) is 18.4. The Balaban J connectivity index is 1.46. The summed E-state index contributed by atoms with van der Waals surface area (Å²) in [5, 5.41) is -0.497. The molecule has 0 spiro atoms. The van der Waals surface area contributed by atoms with E-state index in [4.69, 9.17) is 16.8 Å². The van der Waals surface area contributed by atoms with Crippen molar-refractivity contribution in [2.75, 3.05) is 0 Å². The summed E-state index contributed by atoms with van der Waals surface area (Å²) >= 11 is 0. The molecule has 1 heteroatoms. The second-order valence-corrected chi connectivity index (χ2v) is 14.3. The van der Waals surface area contributed by atoms with E-state index in [-0.39, 0.29) is 146 Å². The molecule has 0 N–H and O–H groups in total. The van der Waals surface area contributed by atoms with Crippen molar-refractivity contribution in [2.45, 2.75) is 55.4 Å². The molecule has 0 fully saturated rings. The maximum atomic E-state index is 10.00. The van der Waals surface area contributed by atoms with Crippen LogP contribution in [-0.2, 0) is 0 Å². The zero-order valence-corrected chi connectivity index (χ0v) is 31.4. The predicted molar refractivity (Wildman–Crippen MR) is 238 cm³/mol. The van der Waals surface area contributed by atoms with Crippen LogP contribution in [0.5, 0.6) is 0 Å². The first-order valence-corrected chi connectivity index (χ1v) is 17.9. The van der Waals surface area contributed by atoms with Gasteiger partial charge in [0.1, 0.15) is 11.2 Å². The van der Waals surface area contributed by atoms with Crippen LogP contribution >= 0.6 is 0 Å². The highest BCUT2D eigenvalue weighted by molar-refractivity contribution is 6.25. The summed E-state index contributed by atoms with van der Waals surface area (Å²) in [5.41, 5.74) is 0.311. The molecule has 0 saturated heterocycles. The molecule has 0 unspecified atom stereocenters. The molecular weight excluding hydrogens is 665 g/mol. The van der Waals surface area contributed by atoms with Gasteiger partial charge in [-0.3, -0.25) is 0 Å². The molecule has 0 atom stereocenters. The molecule has 0 aliphatic carbocycles. The molecule has 9 aromatic carbocycles. The van der Waals surface area contributed by atoms with Crippen LogP contribution < -0.4 is 0 Å². The van der Waals surface area contributed by atoms with E-state index in [9.17, 15) is 15.1 Å². The fourth-order valence-corrected chi connectivity index (χ4v) is 7.85. The second-order valence-electron chi connectivity index (χ2n) is 14.3. The van der Waals surface area contributed by atoms with Crippen molar-refractivity contribution in [3.05, 3.63) is 165 Å². The van der Waals surface area contributed by atoms with Crippen molar-refractivity contribution < 1.29 is 31.8 Å². The minimum atomic E-state index is -0.697. The Bertz CT molecular complexity index is 4320. The topological polar surface area (TPSA) is 13.1 Å². The summed E-state index contributed by atoms with van der Waals surface area (Å²) in [6, 6.07) is -9.58. The molecule has 266 valence electrons. The van der Waals surface area contributed by atoms with Gasteiger partial charge in [-0.05, 0) is 194 Å². The number of hydrogen-bond acceptors (Lipinski definition) is 1. The number of hydrogen-bond donors (Lipinski definition) is 0. The van der Waals surface area contributed by atoms with Crippen LogP contribution in [0.25, 0.3) is 98.4 Å². The van der Waals surface area contributed by atoms with Gasteiger partial charge in [-0.15, -0.1) is 0 Å². The summed E-state index contributed by atoms with van der Waals surface area (Å²) in [5.74, 6) is 0. The highest BCUT2D eigenvalue weighted by Crippen LogP contribution is 2.49. The van der Waals surface area contributed by atoms with Crippen molar-refractivity contribution in [3.63, 3.8) is 0 Å². The van der Waals surface area contributed by atoms with Crippen LogP contribution in [-0.4, -0.2) is 0 Å². The minimum Gasteiger partial charge on any atom is -0.456 e. The van der Waals surface area contributed by atoms with Crippen molar-refractivity contribution in [2.24, 2.45) is 0 Å². The SMILES string of the molecule is [2H]c1c([2H])c(-c2c(C)c([2H])c([2H])c3oc4c([2H])c5c(C)c(C)c([2H])c([2H])c5c([2H])c4c23)c([2H])c([2H])c1-c1c2c(C)c([2H])c([2H])c([2H])c2c(-c2c([2H])c([2H])c([2H])c3c([2H])c([2H])c(C)c(C)c23)c2c([2H])c([2H])c(C)c(C)c12. The first-order valence-electron chi connectivity index (χ1n) is 27.9. The van der Waals surface area contributed by atoms with Crippen molar-refractivity contribution in [3.8, 4) is 33.4 Å². The summed E-state index contributed by atoms with van der Waals surface area (Å²) < 4.78 is 193. The van der Waals surface area contributed by atoms with Crippen LogP contribution in [0.1, 0.15) is 71.9 Å². The van der Waals surface area contributed by atoms with Crippen molar-refractivity contribution >= 4 is 65.0 Å². The highest BCUT2D eigenvalue weighted by atomic mass is 16.3. The molecule has 0 aliphatic heterocycles. The van der Waals surface area contributed by atoms with E-state index in [2.05, 4.69) is 0 Å². The summed E-state index contributed by atoms with van der Waals surface area (Å²) in [4.78, 5) is 0. The van der Waals surface area contributed by atoms with Gasteiger partial charge < -0.3 is 4.42 Å². The van der Waals surface area contributed by atoms with Gasteiger partial charge in [0.2, 0.25) is 0 Å². The van der Waals surface area contributed by atoms with Crippen LogP contribution in [0.3, 0.4) is 0 Å². The van der Waals surface area contributed by atoms with E-state index in [0.717, 1.165) is 0 Å². The summed E-state index contributed by atoms with van der Waals surface area (Å²) in [6.45, 7) is 12.6. The van der Waals surface area contributed by atoms with Crippen LogP contribution in [0.4, 0.5) is 0 Å². The van der Waals surface area contributed by atoms with Gasteiger partial charge in [0.15, 0.2) is 0 Å². The lowest BCUT2D eigenvalue weighted by atomic mass is 9.80. The molecule has 10 aromatic rings. The Morgan fingerprint density at radius 2 is 0.982 bits per heavy atom. The first-order chi connectivity index (χ1) is 35.0. The number of benzene rings is 9. The lowest BCUT2D eigenvalue weighted by Crippen LogP contribution is -1.97. The molecule has 55 heavy (non-hydrogen) atoms. The maximum absolute atomic E-state index is 10.00. The summed E-state index contributed by atoms with van der Waals surface area (Å²) in [7, 11) is 0. The van der Waals surface area contributed by atoms with Crippen molar-refractivity contribution in [1.29, 1.82) is 0 Å². The quantitative estimate of drug-likeness (QED) is 0.165. The molecule has 0 amide bonds. The lowest BCUT2D eigenvalue weighted by molar-refractivity contribution is 0.669. The van der Waals surface area contributed by atoms with Gasteiger partial charge in [0.25, 0.3) is 0 Å². The van der Waals surface area contributed by atoms with Crippen LogP contribution in [0, 0.1) is 55.4 Å². The predicted octanol–water partition coefficient (Wildman–Crippen LogP) is 15.7. The Kier molecular flexibility index (Phi) is 4.08. The molecule has 1 nitrogen and oxygen atoms in total. The molecule has 10 rings (SSSR count). The largest absolute Gasteiger partial charge is 0.456 e. The number of furan rings is 1. The monoisotopic (exact) mass is 728 g/mol. The normalized spacial score (nSPS) is 17.1. The average Bonchev–Trinajstić information content (AvgIpc) is 3.79. The summed E-state index contributed by atoms with van der Waals surface area (Å²) in [6.07, 6.45) is 0. The standard InChI is InChI=1S/C54H44O/c1-29-16-20-40-27-45-47(28-44(40)34(29)6)55-46-26-18-33(5)48(54(45)46)38-21-23-39(24-22-38)52-49-32(4)11-9-13-41(49)53(43-25-17-31(3)36(8)51(43)52)42-14-10-12-37-19-15-30(2)35(7)50(37)42/h9-28H,1-8H3/i9D,10D,11D,12D,13D,14D,15D,16D,17D,18D,19D,20D,21D,22D,23D,24D,25D,26D,27D,28D. The third-order valence-corrected chi connectivity index (χ3v) is 11.1. The maximum Gasteiger partial charge on any atom is 0.136 e. The number of fused-ring (bicyclic) bond motifs is 7. The van der Waals surface area contributed by atoms with E-state index in [0.29, 0.717) is 27.8 Å². The van der Waals surface area contributed by atoms with E-state index < -0.39 is 90.2 Å². The highest BCUT2D eigenvalue weighted by Gasteiger charge is 2.23. The second kappa shape index (κ2) is 12.2. The third kappa shape index (κ3) is 4.85. The molecule has 0 radical (unpaired) electrons. The average molecular weight is 729 g/mol.